The molecule has 1 saturated heterocycles. The van der Waals surface area contributed by atoms with E-state index in [-0.39, 0.29) is 23.6 Å². The molecule has 0 spiro atoms. The van der Waals surface area contributed by atoms with Crippen LogP contribution in [0.15, 0.2) is 30.3 Å². The maximum absolute atomic E-state index is 11.7. The molecule has 20 heavy (non-hydrogen) atoms. The van der Waals surface area contributed by atoms with Crippen LogP contribution < -0.4 is 5.32 Å². The van der Waals surface area contributed by atoms with Crippen molar-refractivity contribution < 1.29 is 9.53 Å². The van der Waals surface area contributed by atoms with E-state index in [9.17, 15) is 4.79 Å². The van der Waals surface area contributed by atoms with Gasteiger partial charge in [0, 0.05) is 0 Å². The van der Waals surface area contributed by atoms with Crippen LogP contribution >= 0.6 is 11.6 Å². The van der Waals surface area contributed by atoms with Crippen LogP contribution in [0.3, 0.4) is 0 Å². The zero-order valence-corrected chi connectivity index (χ0v) is 12.2. The number of hydrogen-bond donors (Lipinski definition) is 1. The number of rotatable bonds is 3. The Morgan fingerprint density at radius 2 is 1.85 bits per heavy atom. The van der Waals surface area contributed by atoms with Crippen LogP contribution in [0.2, 0.25) is 0 Å². The lowest BCUT2D eigenvalue weighted by atomic mass is 9.81. The van der Waals surface area contributed by atoms with Gasteiger partial charge in [-0.05, 0) is 24.3 Å². The highest BCUT2D eigenvalue weighted by molar-refractivity contribution is 6.21. The molecule has 1 saturated carbocycles. The van der Waals surface area contributed by atoms with Crippen molar-refractivity contribution in [1.82, 2.24) is 5.32 Å². The summed E-state index contributed by atoms with van der Waals surface area (Å²) in [6, 6.07) is 9.78. The SMILES string of the molecule is O=C1N[C@@H]([C@H](Cl)c2ccccc2)[C@@H](C2CCCCC2)O1. The standard InChI is InChI=1S/C16H20ClNO2/c17-13(11-7-3-1-4-8-11)14-15(20-16(19)18-14)12-9-5-2-6-10-12/h1,3-4,7-8,12-15H,2,5-6,9-10H2,(H,18,19)/t13-,14+,15-/m1/s1. The Labute approximate surface area is 124 Å². The van der Waals surface area contributed by atoms with Crippen LogP contribution in [0.4, 0.5) is 4.79 Å². The number of alkyl carbamates (subject to hydrolysis) is 1. The molecule has 1 aromatic carbocycles. The molecule has 0 radical (unpaired) electrons. The second-order valence-electron chi connectivity index (χ2n) is 5.75. The fourth-order valence-corrected chi connectivity index (χ4v) is 3.74. The Kier molecular flexibility index (Phi) is 4.16. The van der Waals surface area contributed by atoms with Crippen LogP contribution in [0.25, 0.3) is 0 Å². The number of carbonyl (C=O) groups is 1. The van der Waals surface area contributed by atoms with Crippen LogP contribution in [0.5, 0.6) is 0 Å². The summed E-state index contributed by atoms with van der Waals surface area (Å²) in [6.07, 6.45) is 5.59. The predicted octanol–water partition coefficient (Wildman–Crippen LogP) is 4.02. The number of carbonyl (C=O) groups excluding carboxylic acids is 1. The summed E-state index contributed by atoms with van der Waals surface area (Å²) in [5.41, 5.74) is 1.03. The quantitative estimate of drug-likeness (QED) is 0.855. The van der Waals surface area contributed by atoms with Crippen molar-refractivity contribution in [3.63, 3.8) is 0 Å². The molecular formula is C16H20ClNO2. The lowest BCUT2D eigenvalue weighted by Crippen LogP contribution is -2.40. The number of amides is 1. The summed E-state index contributed by atoms with van der Waals surface area (Å²) in [5.74, 6) is 0.442. The number of nitrogens with one attached hydrogen (secondary N) is 1. The third-order valence-electron chi connectivity index (χ3n) is 4.43. The third kappa shape index (κ3) is 2.78. The van der Waals surface area contributed by atoms with Crippen molar-refractivity contribution in [2.75, 3.05) is 0 Å². The molecule has 4 heteroatoms. The molecule has 0 bridgehead atoms. The Morgan fingerprint density at radius 3 is 2.55 bits per heavy atom. The first kappa shape index (κ1) is 13.7. The molecule has 1 aliphatic heterocycles. The summed E-state index contributed by atoms with van der Waals surface area (Å²) >= 11 is 6.60. The smallest absolute Gasteiger partial charge is 0.407 e. The van der Waals surface area contributed by atoms with E-state index in [4.69, 9.17) is 16.3 Å². The van der Waals surface area contributed by atoms with E-state index in [1.165, 1.54) is 19.3 Å². The first-order valence-electron chi connectivity index (χ1n) is 7.42. The maximum atomic E-state index is 11.7. The number of ether oxygens (including phenoxy) is 1. The number of hydrogen-bond acceptors (Lipinski definition) is 2. The minimum absolute atomic E-state index is 0.0921. The molecule has 2 fully saturated rings. The van der Waals surface area contributed by atoms with Crippen LogP contribution in [-0.4, -0.2) is 18.2 Å². The fraction of sp³-hybridized carbons (Fsp3) is 0.562. The molecule has 3 rings (SSSR count). The molecule has 1 aromatic rings. The summed E-state index contributed by atoms with van der Waals surface area (Å²) in [7, 11) is 0. The first-order chi connectivity index (χ1) is 9.75. The number of halogens is 1. The normalized spacial score (nSPS) is 28.8. The van der Waals surface area contributed by atoms with Crippen molar-refractivity contribution in [3.8, 4) is 0 Å². The van der Waals surface area contributed by atoms with Gasteiger partial charge in [0.25, 0.3) is 0 Å². The van der Waals surface area contributed by atoms with Gasteiger partial charge in [-0.15, -0.1) is 11.6 Å². The van der Waals surface area contributed by atoms with Crippen molar-refractivity contribution in [3.05, 3.63) is 35.9 Å². The summed E-state index contributed by atoms with van der Waals surface area (Å²) < 4.78 is 5.52. The van der Waals surface area contributed by atoms with Crippen molar-refractivity contribution in [1.29, 1.82) is 0 Å². The van der Waals surface area contributed by atoms with E-state index < -0.39 is 0 Å². The third-order valence-corrected chi connectivity index (χ3v) is 4.95. The van der Waals surface area contributed by atoms with E-state index in [2.05, 4.69) is 5.32 Å². The Balaban J connectivity index is 1.77. The monoisotopic (exact) mass is 293 g/mol. The van der Waals surface area contributed by atoms with E-state index in [0.29, 0.717) is 5.92 Å². The van der Waals surface area contributed by atoms with Gasteiger partial charge in [0.05, 0.1) is 11.4 Å². The second kappa shape index (κ2) is 6.04. The van der Waals surface area contributed by atoms with E-state index in [1.54, 1.807) is 0 Å². The summed E-state index contributed by atoms with van der Waals surface area (Å²) in [5, 5.41) is 2.67. The van der Waals surface area contributed by atoms with Gasteiger partial charge >= 0.3 is 6.09 Å². The molecular weight excluding hydrogens is 274 g/mol. The van der Waals surface area contributed by atoms with E-state index in [1.807, 2.05) is 30.3 Å². The van der Waals surface area contributed by atoms with Crippen LogP contribution in [-0.2, 0) is 4.74 Å². The average molecular weight is 294 g/mol. The lowest BCUT2D eigenvalue weighted by Gasteiger charge is -2.31. The van der Waals surface area contributed by atoms with E-state index >= 15 is 0 Å². The number of alkyl halides is 1. The minimum Gasteiger partial charge on any atom is -0.444 e. The van der Waals surface area contributed by atoms with Crippen LogP contribution in [0, 0.1) is 5.92 Å². The largest absolute Gasteiger partial charge is 0.444 e. The second-order valence-corrected chi connectivity index (χ2v) is 6.22. The Hall–Kier alpha value is -1.22. The highest BCUT2D eigenvalue weighted by atomic mass is 35.5. The molecule has 1 N–H and O–H groups in total. The minimum atomic E-state index is -0.327. The van der Waals surface area contributed by atoms with Gasteiger partial charge in [-0.3, -0.25) is 0 Å². The molecule has 3 atom stereocenters. The van der Waals surface area contributed by atoms with Gasteiger partial charge in [-0.25, -0.2) is 4.79 Å². The molecule has 0 unspecified atom stereocenters. The van der Waals surface area contributed by atoms with Gasteiger partial charge in [0.2, 0.25) is 0 Å². The number of cyclic esters (lactones) is 1. The van der Waals surface area contributed by atoms with Crippen molar-refractivity contribution in [2.24, 2.45) is 5.92 Å². The van der Waals surface area contributed by atoms with Crippen LogP contribution in [0.1, 0.15) is 43.0 Å². The molecule has 1 heterocycles. The summed E-state index contributed by atoms with van der Waals surface area (Å²) in [4.78, 5) is 11.7. The van der Waals surface area contributed by atoms with Gasteiger partial charge in [-0.2, -0.15) is 0 Å². The highest BCUT2D eigenvalue weighted by Gasteiger charge is 2.43. The maximum Gasteiger partial charge on any atom is 0.407 e. The van der Waals surface area contributed by atoms with Crippen molar-refractivity contribution in [2.45, 2.75) is 49.6 Å². The van der Waals surface area contributed by atoms with Gasteiger partial charge in [-0.1, -0.05) is 49.6 Å². The topological polar surface area (TPSA) is 38.3 Å². The summed E-state index contributed by atoms with van der Waals surface area (Å²) in [6.45, 7) is 0. The average Bonchev–Trinajstić information content (AvgIpc) is 2.90. The highest BCUT2D eigenvalue weighted by Crippen LogP contribution is 2.37. The molecule has 1 aliphatic carbocycles. The fourth-order valence-electron chi connectivity index (χ4n) is 3.39. The van der Waals surface area contributed by atoms with Gasteiger partial charge in [0.15, 0.2) is 0 Å². The van der Waals surface area contributed by atoms with E-state index in [0.717, 1.165) is 18.4 Å². The Morgan fingerprint density at radius 1 is 1.15 bits per heavy atom. The molecule has 1 amide bonds. The van der Waals surface area contributed by atoms with Gasteiger partial charge < -0.3 is 10.1 Å². The zero-order chi connectivity index (χ0) is 13.9. The predicted molar refractivity (Wildman–Crippen MR) is 78.8 cm³/mol. The lowest BCUT2D eigenvalue weighted by molar-refractivity contribution is 0.0731. The molecule has 3 nitrogen and oxygen atoms in total. The first-order valence-corrected chi connectivity index (χ1v) is 7.85. The molecule has 0 aromatic heterocycles. The van der Waals surface area contributed by atoms with Crippen molar-refractivity contribution >= 4 is 17.7 Å². The molecule has 108 valence electrons. The molecule has 2 aliphatic rings. The zero-order valence-electron chi connectivity index (χ0n) is 11.4. The number of benzene rings is 1. The van der Waals surface area contributed by atoms with Gasteiger partial charge in [0.1, 0.15) is 6.10 Å². The Bertz CT molecular complexity index is 459.